The zero-order valence-corrected chi connectivity index (χ0v) is 17.1. The Morgan fingerprint density at radius 2 is 1.08 bits per heavy atom. The highest BCUT2D eigenvalue weighted by Crippen LogP contribution is 2.04. The van der Waals surface area contributed by atoms with Crippen LogP contribution in [0, 0.1) is 0 Å². The number of hydrogen-bond donors (Lipinski definition) is 4. The van der Waals surface area contributed by atoms with Gasteiger partial charge in [-0.1, -0.05) is 0 Å². The minimum absolute atomic E-state index is 0.00431. The molecule has 8 heteroatoms. The molecule has 2 aliphatic heterocycles. The Morgan fingerprint density at radius 1 is 0.808 bits per heavy atom. The molecule has 2 rings (SSSR count). The molecular formula is C18H40O8. The van der Waals surface area contributed by atoms with Crippen LogP contribution in [0.1, 0.15) is 41.5 Å². The zero-order valence-electron chi connectivity index (χ0n) is 17.1. The van der Waals surface area contributed by atoms with Crippen LogP contribution in [0.2, 0.25) is 0 Å². The molecule has 2 saturated heterocycles. The van der Waals surface area contributed by atoms with Gasteiger partial charge in [-0.3, -0.25) is 0 Å². The Bertz CT molecular complexity index is 254. The van der Waals surface area contributed by atoms with Crippen molar-refractivity contribution < 1.29 is 39.4 Å². The molecule has 6 unspecified atom stereocenters. The average molecular weight is 385 g/mol. The molecule has 2 fully saturated rings. The summed E-state index contributed by atoms with van der Waals surface area (Å²) in [6, 6.07) is 0. The summed E-state index contributed by atoms with van der Waals surface area (Å²) in [6.07, 6.45) is -0.0631. The zero-order chi connectivity index (χ0) is 20.5. The predicted molar refractivity (Wildman–Crippen MR) is 99.2 cm³/mol. The van der Waals surface area contributed by atoms with E-state index in [9.17, 15) is 0 Å². The van der Waals surface area contributed by atoms with Gasteiger partial charge in [0.05, 0.1) is 76.3 Å². The largest absolute Gasteiger partial charge is 0.394 e. The number of epoxide rings is 2. The van der Waals surface area contributed by atoms with Crippen LogP contribution in [0.15, 0.2) is 0 Å². The number of hydrogen-bond acceptors (Lipinski definition) is 8. The van der Waals surface area contributed by atoms with Crippen LogP contribution in [0.4, 0.5) is 0 Å². The molecule has 0 radical (unpaired) electrons. The summed E-state index contributed by atoms with van der Waals surface area (Å²) in [4.78, 5) is 0. The highest BCUT2D eigenvalue weighted by Gasteiger charge is 2.13. The standard InChI is InChI=1S/2C6H14O3.2C3H6O/c1-5(7)3-9-4-6(2)8;1-5(3-7)9-6(2)4-8;2*1-3-2-4-3/h2*5-8H,3-4H2,1-2H3;2*3H,2H2,1H3. The van der Waals surface area contributed by atoms with Gasteiger partial charge < -0.3 is 39.4 Å². The number of ether oxygens (including phenoxy) is 4. The SMILES string of the molecule is CC(CO)OC(C)CO.CC(O)COCC(C)O.CC1CO1.CC1CO1. The highest BCUT2D eigenvalue weighted by molar-refractivity contribution is 4.58. The van der Waals surface area contributed by atoms with Crippen LogP contribution in [0.25, 0.3) is 0 Å². The third kappa shape index (κ3) is 31.4. The van der Waals surface area contributed by atoms with Gasteiger partial charge in [0.15, 0.2) is 0 Å². The molecule has 2 aliphatic rings. The average Bonchev–Trinajstić information content (AvgIpc) is 3.49. The monoisotopic (exact) mass is 384 g/mol. The highest BCUT2D eigenvalue weighted by atomic mass is 16.6. The maximum Gasteiger partial charge on any atom is 0.0782 e. The second-order valence-electron chi connectivity index (χ2n) is 6.65. The molecule has 0 aliphatic carbocycles. The second-order valence-corrected chi connectivity index (χ2v) is 6.65. The van der Waals surface area contributed by atoms with Crippen molar-refractivity contribution in [2.24, 2.45) is 0 Å². The molecule has 0 spiro atoms. The maximum atomic E-state index is 8.66. The summed E-state index contributed by atoms with van der Waals surface area (Å²) >= 11 is 0. The Morgan fingerprint density at radius 3 is 1.23 bits per heavy atom. The molecule has 0 saturated carbocycles. The maximum absolute atomic E-state index is 8.66. The lowest BCUT2D eigenvalue weighted by Crippen LogP contribution is -2.22. The van der Waals surface area contributed by atoms with E-state index in [1.807, 2.05) is 0 Å². The van der Waals surface area contributed by atoms with Gasteiger partial charge in [-0.25, -0.2) is 0 Å². The topological polar surface area (TPSA) is 124 Å². The number of aliphatic hydroxyl groups excluding tert-OH is 4. The Hall–Kier alpha value is -0.320. The first-order valence-corrected chi connectivity index (χ1v) is 9.16. The van der Waals surface area contributed by atoms with E-state index in [4.69, 9.17) is 39.4 Å². The third-order valence-electron chi connectivity index (χ3n) is 2.70. The summed E-state index contributed by atoms with van der Waals surface area (Å²) in [7, 11) is 0. The lowest BCUT2D eigenvalue weighted by atomic mass is 10.4. The molecule has 160 valence electrons. The minimum Gasteiger partial charge on any atom is -0.394 e. The van der Waals surface area contributed by atoms with Crippen molar-refractivity contribution in [3.05, 3.63) is 0 Å². The van der Waals surface area contributed by atoms with Crippen LogP contribution in [-0.2, 0) is 18.9 Å². The van der Waals surface area contributed by atoms with Crippen molar-refractivity contribution in [3.63, 3.8) is 0 Å². The Balaban J connectivity index is 0. The fourth-order valence-corrected chi connectivity index (χ4v) is 1.08. The van der Waals surface area contributed by atoms with Gasteiger partial charge in [0, 0.05) is 0 Å². The Labute approximate surface area is 158 Å². The first-order valence-electron chi connectivity index (χ1n) is 9.16. The molecule has 0 aromatic carbocycles. The van der Waals surface area contributed by atoms with Gasteiger partial charge in [0.2, 0.25) is 0 Å². The molecule has 0 amide bonds. The molecule has 0 aromatic heterocycles. The van der Waals surface area contributed by atoms with Crippen LogP contribution in [-0.4, -0.2) is 96.7 Å². The summed E-state index contributed by atoms with van der Waals surface area (Å²) < 4.78 is 19.3. The van der Waals surface area contributed by atoms with Crippen molar-refractivity contribution in [1.82, 2.24) is 0 Å². The van der Waals surface area contributed by atoms with E-state index in [0.29, 0.717) is 25.4 Å². The van der Waals surface area contributed by atoms with Crippen molar-refractivity contribution in [3.8, 4) is 0 Å². The summed E-state index contributed by atoms with van der Waals surface area (Å²) in [5.41, 5.74) is 0. The van der Waals surface area contributed by atoms with E-state index in [1.54, 1.807) is 27.7 Å². The minimum atomic E-state index is -0.441. The van der Waals surface area contributed by atoms with Gasteiger partial charge >= 0.3 is 0 Å². The first-order chi connectivity index (χ1) is 12.1. The summed E-state index contributed by atoms with van der Waals surface area (Å²) in [5, 5.41) is 34.3. The molecule has 4 N–H and O–H groups in total. The van der Waals surface area contributed by atoms with Crippen molar-refractivity contribution in [1.29, 1.82) is 0 Å². The van der Waals surface area contributed by atoms with E-state index >= 15 is 0 Å². The summed E-state index contributed by atoms with van der Waals surface area (Å²) in [5.74, 6) is 0. The van der Waals surface area contributed by atoms with Crippen LogP contribution in [0.3, 0.4) is 0 Å². The number of aliphatic hydroxyl groups is 4. The quantitative estimate of drug-likeness (QED) is 0.442. The normalized spacial score (nSPS) is 24.2. The van der Waals surface area contributed by atoms with Crippen molar-refractivity contribution >= 4 is 0 Å². The van der Waals surface area contributed by atoms with Gasteiger partial charge in [0.1, 0.15) is 0 Å². The van der Waals surface area contributed by atoms with Crippen LogP contribution >= 0.6 is 0 Å². The molecule has 8 nitrogen and oxygen atoms in total. The second kappa shape index (κ2) is 18.1. The molecule has 26 heavy (non-hydrogen) atoms. The van der Waals surface area contributed by atoms with E-state index in [1.165, 1.54) is 0 Å². The molecule has 0 bridgehead atoms. The van der Waals surface area contributed by atoms with Gasteiger partial charge in [0.25, 0.3) is 0 Å². The first kappa shape index (κ1) is 27.9. The molecule has 0 aromatic rings. The van der Waals surface area contributed by atoms with Crippen molar-refractivity contribution in [2.75, 3.05) is 39.6 Å². The fraction of sp³-hybridized carbons (Fsp3) is 1.00. The van der Waals surface area contributed by atoms with Crippen LogP contribution in [0.5, 0.6) is 0 Å². The van der Waals surface area contributed by atoms with Gasteiger partial charge in [-0.2, -0.15) is 0 Å². The van der Waals surface area contributed by atoms with Crippen molar-refractivity contribution in [2.45, 2.75) is 78.2 Å². The molecular weight excluding hydrogens is 344 g/mol. The molecule has 2 heterocycles. The van der Waals surface area contributed by atoms with E-state index in [2.05, 4.69) is 13.8 Å². The lowest BCUT2D eigenvalue weighted by Gasteiger charge is -2.14. The summed E-state index contributed by atoms with van der Waals surface area (Å²) in [6.45, 7) is 13.5. The van der Waals surface area contributed by atoms with Crippen LogP contribution < -0.4 is 0 Å². The Kier molecular flexibility index (Phi) is 19.4. The van der Waals surface area contributed by atoms with E-state index < -0.39 is 12.2 Å². The lowest BCUT2D eigenvalue weighted by molar-refractivity contribution is -0.0424. The third-order valence-corrected chi connectivity index (χ3v) is 2.70. The van der Waals surface area contributed by atoms with Gasteiger partial charge in [-0.05, 0) is 41.5 Å². The smallest absolute Gasteiger partial charge is 0.0782 e. The number of rotatable bonds is 8. The predicted octanol–water partition coefficient (Wildman–Crippen LogP) is 0.339. The fourth-order valence-electron chi connectivity index (χ4n) is 1.08. The molecule has 6 atom stereocenters. The van der Waals surface area contributed by atoms with E-state index in [-0.39, 0.29) is 25.4 Å². The van der Waals surface area contributed by atoms with E-state index in [0.717, 1.165) is 13.2 Å². The van der Waals surface area contributed by atoms with Gasteiger partial charge in [-0.15, -0.1) is 0 Å².